The Hall–Kier alpha value is -0.400. The van der Waals surface area contributed by atoms with Gasteiger partial charge in [-0.2, -0.15) is 5.10 Å². The number of aromatic nitrogens is 2. The molecular formula is C6H10N3P. The van der Waals surface area contributed by atoms with E-state index < -0.39 is 0 Å². The Bertz CT molecular complexity index is 233. The van der Waals surface area contributed by atoms with E-state index in [1.54, 1.807) is 0 Å². The van der Waals surface area contributed by atoms with Crippen LogP contribution in [0.5, 0.6) is 0 Å². The van der Waals surface area contributed by atoms with Gasteiger partial charge < -0.3 is 0 Å². The van der Waals surface area contributed by atoms with Crippen LogP contribution in [0.4, 0.5) is 0 Å². The van der Waals surface area contributed by atoms with Crippen molar-refractivity contribution < 1.29 is 0 Å². The van der Waals surface area contributed by atoms with E-state index in [1.165, 1.54) is 11.3 Å². The molecule has 0 bridgehead atoms. The highest BCUT2D eigenvalue weighted by molar-refractivity contribution is 7.13. The van der Waals surface area contributed by atoms with Crippen LogP contribution in [0.2, 0.25) is 0 Å². The largest absolute Gasteiger partial charge is 0.285 e. The second-order valence-electron chi connectivity index (χ2n) is 2.58. The van der Waals surface area contributed by atoms with Gasteiger partial charge in [-0.05, 0) is 12.0 Å². The average molecular weight is 155 g/mol. The van der Waals surface area contributed by atoms with Crippen LogP contribution in [0.1, 0.15) is 11.3 Å². The maximum Gasteiger partial charge on any atom is 0.0797 e. The summed E-state index contributed by atoms with van der Waals surface area (Å²) in [4.78, 5) is 0. The van der Waals surface area contributed by atoms with Crippen LogP contribution in [0.25, 0.3) is 0 Å². The predicted molar refractivity (Wildman–Crippen MR) is 42.4 cm³/mol. The smallest absolute Gasteiger partial charge is 0.0797 e. The van der Waals surface area contributed by atoms with Gasteiger partial charge in [-0.3, -0.25) is 9.77 Å². The summed E-state index contributed by atoms with van der Waals surface area (Å²) >= 11 is 0. The van der Waals surface area contributed by atoms with Gasteiger partial charge in [0.1, 0.15) is 0 Å². The number of nitrogens with zero attached hydrogens (tertiary/aromatic N) is 2. The average Bonchev–Trinajstić information content (AvgIpc) is 2.33. The van der Waals surface area contributed by atoms with Crippen LogP contribution < -0.4 is 0 Å². The number of rotatable bonds is 0. The first-order chi connectivity index (χ1) is 4.86. The van der Waals surface area contributed by atoms with Crippen molar-refractivity contribution in [3.63, 3.8) is 0 Å². The van der Waals surface area contributed by atoms with Crippen molar-refractivity contribution in [2.24, 2.45) is 0 Å². The Kier molecular flexibility index (Phi) is 1.47. The Morgan fingerprint density at radius 1 is 1.70 bits per heavy atom. The SMILES string of the molecule is PN1CCc2c[nH]nc2C1. The summed E-state index contributed by atoms with van der Waals surface area (Å²) < 4.78 is 2.20. The molecule has 10 heavy (non-hydrogen) atoms. The highest BCUT2D eigenvalue weighted by Gasteiger charge is 2.14. The first kappa shape index (κ1) is 6.32. The Morgan fingerprint density at radius 2 is 2.60 bits per heavy atom. The highest BCUT2D eigenvalue weighted by Crippen LogP contribution is 2.17. The number of fused-ring (bicyclic) bond motifs is 1. The van der Waals surface area contributed by atoms with Gasteiger partial charge in [0.15, 0.2) is 0 Å². The fourth-order valence-electron chi connectivity index (χ4n) is 1.23. The standard InChI is InChI=1S/C6H10N3P/c10-9-2-1-5-3-7-8-6(5)4-9/h3H,1-2,4,10H2,(H,7,8). The van der Waals surface area contributed by atoms with Gasteiger partial charge in [-0.25, -0.2) is 0 Å². The molecular weight excluding hydrogens is 145 g/mol. The van der Waals surface area contributed by atoms with Crippen LogP contribution in [0.15, 0.2) is 6.20 Å². The summed E-state index contributed by atoms with van der Waals surface area (Å²) in [5.74, 6) is 0. The number of hydrogen-bond donors (Lipinski definition) is 1. The topological polar surface area (TPSA) is 31.9 Å². The quantitative estimate of drug-likeness (QED) is 0.555. The van der Waals surface area contributed by atoms with Gasteiger partial charge >= 0.3 is 0 Å². The molecule has 1 aliphatic rings. The zero-order valence-corrected chi connectivity index (χ0v) is 6.83. The van der Waals surface area contributed by atoms with Gasteiger partial charge in [0.25, 0.3) is 0 Å². The molecule has 0 saturated carbocycles. The predicted octanol–water partition coefficient (Wildman–Crippen LogP) is 0.558. The Labute approximate surface area is 62.1 Å². The molecule has 1 aliphatic heterocycles. The minimum absolute atomic E-state index is 0.962. The molecule has 3 nitrogen and oxygen atoms in total. The van der Waals surface area contributed by atoms with Crippen LogP contribution in [0, 0.1) is 0 Å². The third-order valence-electron chi connectivity index (χ3n) is 1.83. The minimum atomic E-state index is 0.962. The van der Waals surface area contributed by atoms with E-state index >= 15 is 0 Å². The molecule has 2 heterocycles. The lowest BCUT2D eigenvalue weighted by Gasteiger charge is -2.20. The molecule has 1 aromatic heterocycles. The number of hydrogen-bond acceptors (Lipinski definition) is 2. The van der Waals surface area contributed by atoms with Crippen LogP contribution in [-0.4, -0.2) is 21.4 Å². The van der Waals surface area contributed by atoms with E-state index in [2.05, 4.69) is 24.3 Å². The van der Waals surface area contributed by atoms with Gasteiger partial charge in [0.2, 0.25) is 0 Å². The molecule has 1 N–H and O–H groups in total. The maximum atomic E-state index is 4.13. The molecule has 1 aromatic rings. The molecule has 0 spiro atoms. The van der Waals surface area contributed by atoms with Crippen molar-refractivity contribution in [1.82, 2.24) is 14.9 Å². The van der Waals surface area contributed by atoms with E-state index in [0.717, 1.165) is 19.5 Å². The molecule has 0 radical (unpaired) electrons. The molecule has 0 aromatic carbocycles. The molecule has 0 amide bonds. The van der Waals surface area contributed by atoms with Crippen LogP contribution in [0.3, 0.4) is 0 Å². The summed E-state index contributed by atoms with van der Waals surface area (Å²) in [6.07, 6.45) is 3.11. The first-order valence-corrected chi connectivity index (χ1v) is 3.89. The highest BCUT2D eigenvalue weighted by atomic mass is 31.0. The van der Waals surface area contributed by atoms with E-state index in [9.17, 15) is 0 Å². The lowest BCUT2D eigenvalue weighted by Crippen LogP contribution is -2.20. The Morgan fingerprint density at radius 3 is 3.50 bits per heavy atom. The maximum absolute atomic E-state index is 4.13. The Balaban J connectivity index is 2.30. The van der Waals surface area contributed by atoms with Gasteiger partial charge in [-0.1, -0.05) is 9.39 Å². The van der Waals surface area contributed by atoms with E-state index in [0.29, 0.717) is 0 Å². The van der Waals surface area contributed by atoms with E-state index in [1.807, 2.05) is 6.20 Å². The molecule has 2 rings (SSSR count). The third-order valence-corrected chi connectivity index (χ3v) is 2.27. The fourth-order valence-corrected chi connectivity index (χ4v) is 1.53. The summed E-state index contributed by atoms with van der Waals surface area (Å²) in [5, 5.41) is 7.00. The molecule has 0 saturated heterocycles. The van der Waals surface area contributed by atoms with Gasteiger partial charge in [-0.15, -0.1) is 0 Å². The van der Waals surface area contributed by atoms with E-state index in [4.69, 9.17) is 0 Å². The molecule has 0 aliphatic carbocycles. The summed E-state index contributed by atoms with van der Waals surface area (Å²) in [7, 11) is 2.70. The number of nitrogens with one attached hydrogen (secondary N) is 1. The summed E-state index contributed by atoms with van der Waals surface area (Å²) in [5.41, 5.74) is 2.57. The fraction of sp³-hybridized carbons (Fsp3) is 0.500. The molecule has 0 fully saturated rings. The zero-order valence-electron chi connectivity index (χ0n) is 5.67. The normalized spacial score (nSPS) is 18.9. The summed E-state index contributed by atoms with van der Waals surface area (Å²) in [6.45, 7) is 2.08. The van der Waals surface area contributed by atoms with Crippen molar-refractivity contribution in [3.8, 4) is 0 Å². The van der Waals surface area contributed by atoms with Crippen LogP contribution in [-0.2, 0) is 13.0 Å². The number of aromatic amines is 1. The monoisotopic (exact) mass is 155 g/mol. The molecule has 1 atom stereocenters. The third kappa shape index (κ3) is 0.957. The second-order valence-corrected chi connectivity index (χ2v) is 3.31. The lowest BCUT2D eigenvalue weighted by molar-refractivity contribution is 0.437. The van der Waals surface area contributed by atoms with Crippen molar-refractivity contribution in [3.05, 3.63) is 17.5 Å². The van der Waals surface area contributed by atoms with Gasteiger partial charge in [0, 0.05) is 19.3 Å². The van der Waals surface area contributed by atoms with Crippen molar-refractivity contribution in [2.45, 2.75) is 13.0 Å². The van der Waals surface area contributed by atoms with Gasteiger partial charge in [0.05, 0.1) is 5.69 Å². The first-order valence-electron chi connectivity index (χ1n) is 3.37. The molecule has 1 unspecified atom stereocenters. The lowest BCUT2D eigenvalue weighted by atomic mass is 10.1. The summed E-state index contributed by atoms with van der Waals surface area (Å²) in [6, 6.07) is 0. The minimum Gasteiger partial charge on any atom is -0.285 e. The van der Waals surface area contributed by atoms with Crippen molar-refractivity contribution in [2.75, 3.05) is 6.54 Å². The van der Waals surface area contributed by atoms with Crippen molar-refractivity contribution in [1.29, 1.82) is 0 Å². The second kappa shape index (κ2) is 2.33. The van der Waals surface area contributed by atoms with E-state index in [-0.39, 0.29) is 0 Å². The molecule has 54 valence electrons. The van der Waals surface area contributed by atoms with Crippen molar-refractivity contribution >= 4 is 9.39 Å². The zero-order chi connectivity index (χ0) is 6.97. The molecule has 4 heteroatoms. The van der Waals surface area contributed by atoms with Crippen LogP contribution >= 0.6 is 9.39 Å². The number of H-pyrrole nitrogens is 1.